The summed E-state index contributed by atoms with van der Waals surface area (Å²) in [6.07, 6.45) is 4.31. The summed E-state index contributed by atoms with van der Waals surface area (Å²) < 4.78 is 47.4. The van der Waals surface area contributed by atoms with Crippen molar-refractivity contribution in [3.63, 3.8) is 0 Å². The minimum Gasteiger partial charge on any atom is -0.489 e. The van der Waals surface area contributed by atoms with Crippen LogP contribution in [0.3, 0.4) is 0 Å². The Hall–Kier alpha value is -4.66. The van der Waals surface area contributed by atoms with Crippen LogP contribution in [0, 0.1) is 5.82 Å². The van der Waals surface area contributed by atoms with Crippen molar-refractivity contribution in [3.8, 4) is 28.0 Å². The molecule has 6 nitrogen and oxygen atoms in total. The molecule has 7 rings (SSSR count). The standard InChI is InChI=1S/C36H32F3N3O3/c37-30-7-5-24(6-8-30)32-19-27(23-1-3-25(4-2-23)35(44)41-15-12-36(38,39)13-16-41)17-28-18-31(45-34(28)32)9-10-33(43)42-21-26-11-14-40-20-29(26)22-42/h1-8,11,14,17,19-20,31H,9-10,12-13,15-16,18,21-22H2. The largest absolute Gasteiger partial charge is 0.489 e. The minimum absolute atomic E-state index is 0.0371. The fourth-order valence-electron chi connectivity index (χ4n) is 6.47. The van der Waals surface area contributed by atoms with Gasteiger partial charge < -0.3 is 14.5 Å². The quantitative estimate of drug-likeness (QED) is 0.234. The molecule has 230 valence electrons. The van der Waals surface area contributed by atoms with E-state index in [1.54, 1.807) is 30.5 Å². The summed E-state index contributed by atoms with van der Waals surface area (Å²) in [6.45, 7) is 1.24. The highest BCUT2D eigenvalue weighted by atomic mass is 19.3. The minimum atomic E-state index is -2.72. The monoisotopic (exact) mass is 611 g/mol. The fraction of sp³-hybridized carbons (Fsp3) is 0.306. The van der Waals surface area contributed by atoms with Crippen LogP contribution in [0.5, 0.6) is 5.75 Å². The van der Waals surface area contributed by atoms with E-state index in [1.165, 1.54) is 17.0 Å². The van der Waals surface area contributed by atoms with Crippen LogP contribution in [-0.4, -0.2) is 51.7 Å². The molecule has 0 spiro atoms. The SMILES string of the molecule is O=C(CCC1Cc2cc(-c3ccc(C(=O)N4CCC(F)(F)CC4)cc3)cc(-c3ccc(F)cc3)c2O1)N1Cc2ccncc2C1. The van der Waals surface area contributed by atoms with Crippen LogP contribution in [0.15, 0.2) is 79.1 Å². The second-order valence-corrected chi connectivity index (χ2v) is 12.1. The number of alkyl halides is 2. The van der Waals surface area contributed by atoms with Gasteiger partial charge in [-0.1, -0.05) is 24.3 Å². The Labute approximate surface area is 259 Å². The molecule has 1 aromatic heterocycles. The summed E-state index contributed by atoms with van der Waals surface area (Å²) in [5.41, 5.74) is 7.09. The van der Waals surface area contributed by atoms with Gasteiger partial charge in [-0.2, -0.15) is 0 Å². The van der Waals surface area contributed by atoms with Gasteiger partial charge in [0.1, 0.15) is 17.7 Å². The van der Waals surface area contributed by atoms with E-state index in [9.17, 15) is 22.8 Å². The summed E-state index contributed by atoms with van der Waals surface area (Å²) >= 11 is 0. The van der Waals surface area contributed by atoms with Gasteiger partial charge in [-0.05, 0) is 82.3 Å². The third kappa shape index (κ3) is 6.03. The number of amides is 2. The van der Waals surface area contributed by atoms with E-state index in [0.717, 1.165) is 44.7 Å². The Morgan fingerprint density at radius 3 is 2.29 bits per heavy atom. The van der Waals surface area contributed by atoms with Crippen molar-refractivity contribution in [3.05, 3.63) is 107 Å². The Kier molecular flexibility index (Phi) is 7.55. The van der Waals surface area contributed by atoms with E-state index in [0.29, 0.717) is 37.9 Å². The maximum Gasteiger partial charge on any atom is 0.253 e. The summed E-state index contributed by atoms with van der Waals surface area (Å²) in [5, 5.41) is 0. The third-order valence-corrected chi connectivity index (χ3v) is 9.06. The van der Waals surface area contributed by atoms with Crippen LogP contribution >= 0.6 is 0 Å². The molecule has 3 aromatic carbocycles. The highest BCUT2D eigenvalue weighted by Crippen LogP contribution is 2.43. The second kappa shape index (κ2) is 11.7. The van der Waals surface area contributed by atoms with Crippen molar-refractivity contribution in [2.75, 3.05) is 13.1 Å². The summed E-state index contributed by atoms with van der Waals surface area (Å²) in [4.78, 5) is 33.5. The Bertz CT molecular complexity index is 1720. The van der Waals surface area contributed by atoms with Crippen molar-refractivity contribution in [2.24, 2.45) is 0 Å². The molecule has 3 aliphatic heterocycles. The zero-order valence-electron chi connectivity index (χ0n) is 24.6. The van der Waals surface area contributed by atoms with Crippen LogP contribution in [0.2, 0.25) is 0 Å². The number of carbonyl (C=O) groups is 2. The molecule has 1 saturated heterocycles. The lowest BCUT2D eigenvalue weighted by atomic mass is 9.93. The number of hydrogen-bond acceptors (Lipinski definition) is 4. The molecule has 0 N–H and O–H groups in total. The van der Waals surface area contributed by atoms with E-state index in [2.05, 4.69) is 11.1 Å². The first-order chi connectivity index (χ1) is 21.7. The number of aromatic nitrogens is 1. The lowest BCUT2D eigenvalue weighted by Crippen LogP contribution is -2.42. The molecule has 2 amide bonds. The lowest BCUT2D eigenvalue weighted by Gasteiger charge is -2.31. The van der Waals surface area contributed by atoms with Crippen LogP contribution < -0.4 is 4.74 Å². The van der Waals surface area contributed by atoms with Crippen molar-refractivity contribution < 1.29 is 27.5 Å². The highest BCUT2D eigenvalue weighted by Gasteiger charge is 2.36. The van der Waals surface area contributed by atoms with Gasteiger partial charge in [0, 0.05) is 75.4 Å². The van der Waals surface area contributed by atoms with E-state index >= 15 is 0 Å². The maximum absolute atomic E-state index is 13.8. The summed E-state index contributed by atoms with van der Waals surface area (Å²) in [6, 6.07) is 19.5. The Balaban J connectivity index is 1.09. The third-order valence-electron chi connectivity index (χ3n) is 9.06. The number of halogens is 3. The predicted molar refractivity (Wildman–Crippen MR) is 163 cm³/mol. The van der Waals surface area contributed by atoms with E-state index in [-0.39, 0.29) is 49.7 Å². The number of piperidine rings is 1. The van der Waals surface area contributed by atoms with Crippen molar-refractivity contribution in [1.29, 1.82) is 0 Å². The van der Waals surface area contributed by atoms with Gasteiger partial charge in [0.15, 0.2) is 0 Å². The number of ether oxygens (including phenoxy) is 1. The molecule has 9 heteroatoms. The van der Waals surface area contributed by atoms with Crippen molar-refractivity contribution in [2.45, 2.75) is 57.2 Å². The van der Waals surface area contributed by atoms with Crippen molar-refractivity contribution >= 4 is 11.8 Å². The fourth-order valence-corrected chi connectivity index (χ4v) is 6.47. The number of benzene rings is 3. The molecule has 0 saturated carbocycles. The van der Waals surface area contributed by atoms with E-state index in [1.807, 2.05) is 35.4 Å². The molecule has 1 fully saturated rings. The summed E-state index contributed by atoms with van der Waals surface area (Å²) in [7, 11) is 0. The number of hydrogen-bond donors (Lipinski definition) is 0. The number of fused-ring (bicyclic) bond motifs is 2. The molecule has 0 bridgehead atoms. The number of rotatable bonds is 6. The Morgan fingerprint density at radius 1 is 0.844 bits per heavy atom. The first-order valence-electron chi connectivity index (χ1n) is 15.3. The molecular formula is C36H32F3N3O3. The number of pyridine rings is 1. The Morgan fingerprint density at radius 2 is 1.56 bits per heavy atom. The average molecular weight is 612 g/mol. The van der Waals surface area contributed by atoms with Crippen LogP contribution in [0.4, 0.5) is 13.2 Å². The maximum atomic E-state index is 13.8. The predicted octanol–water partition coefficient (Wildman–Crippen LogP) is 7.05. The molecule has 0 radical (unpaired) electrons. The summed E-state index contributed by atoms with van der Waals surface area (Å²) in [5.74, 6) is -2.48. The lowest BCUT2D eigenvalue weighted by molar-refractivity contribution is -0.132. The normalized spacial score (nSPS) is 18.3. The van der Waals surface area contributed by atoms with Gasteiger partial charge in [-0.3, -0.25) is 14.6 Å². The topological polar surface area (TPSA) is 62.7 Å². The van der Waals surface area contributed by atoms with Gasteiger partial charge in [0.25, 0.3) is 11.8 Å². The molecule has 0 aliphatic carbocycles. The highest BCUT2D eigenvalue weighted by molar-refractivity contribution is 5.95. The van der Waals surface area contributed by atoms with E-state index < -0.39 is 5.92 Å². The van der Waals surface area contributed by atoms with Crippen LogP contribution in [0.25, 0.3) is 22.3 Å². The van der Waals surface area contributed by atoms with Crippen molar-refractivity contribution in [1.82, 2.24) is 14.8 Å². The molecule has 45 heavy (non-hydrogen) atoms. The number of nitrogens with zero attached hydrogens (tertiary/aromatic N) is 3. The van der Waals surface area contributed by atoms with Crippen LogP contribution in [-0.2, 0) is 24.3 Å². The molecule has 3 aliphatic rings. The molecule has 1 unspecified atom stereocenters. The first-order valence-corrected chi connectivity index (χ1v) is 15.3. The van der Waals surface area contributed by atoms with Gasteiger partial charge in [-0.15, -0.1) is 0 Å². The molecule has 4 aromatic rings. The van der Waals surface area contributed by atoms with E-state index in [4.69, 9.17) is 4.74 Å². The van der Waals surface area contributed by atoms with Crippen LogP contribution in [0.1, 0.15) is 52.7 Å². The second-order valence-electron chi connectivity index (χ2n) is 12.1. The number of carbonyl (C=O) groups excluding carboxylic acids is 2. The molecule has 1 atom stereocenters. The zero-order chi connectivity index (χ0) is 31.1. The molecule has 4 heterocycles. The van der Waals surface area contributed by atoms with Gasteiger partial charge >= 0.3 is 0 Å². The molecular weight excluding hydrogens is 579 g/mol. The van der Waals surface area contributed by atoms with Gasteiger partial charge in [-0.25, -0.2) is 13.2 Å². The van der Waals surface area contributed by atoms with Gasteiger partial charge in [0.2, 0.25) is 5.91 Å². The van der Waals surface area contributed by atoms with Gasteiger partial charge in [0.05, 0.1) is 0 Å². The average Bonchev–Trinajstić information content (AvgIpc) is 3.68. The number of likely N-dealkylation sites (tertiary alicyclic amines) is 1. The zero-order valence-corrected chi connectivity index (χ0v) is 24.6. The first kappa shape index (κ1) is 29.1. The smallest absolute Gasteiger partial charge is 0.253 e.